The second kappa shape index (κ2) is 11.1. The number of hydrogen-bond acceptors (Lipinski definition) is 7. The highest BCUT2D eigenvalue weighted by atomic mass is 35.5. The number of carbonyl (C=O) groups is 1. The number of amides is 1. The molecule has 5 rings (SSSR count). The molecule has 0 saturated carbocycles. The molecule has 1 aromatic heterocycles. The molecule has 1 aliphatic rings. The van der Waals surface area contributed by atoms with Gasteiger partial charge in [0, 0.05) is 5.56 Å². The smallest absolute Gasteiger partial charge is 0.406 e. The van der Waals surface area contributed by atoms with Crippen molar-refractivity contribution in [1.29, 1.82) is 0 Å². The van der Waals surface area contributed by atoms with E-state index in [1.807, 2.05) is 0 Å². The summed E-state index contributed by atoms with van der Waals surface area (Å²) in [5.41, 5.74) is 1.80. The molecule has 1 aliphatic heterocycles. The highest BCUT2D eigenvalue weighted by molar-refractivity contribution is 8.16. The van der Waals surface area contributed by atoms with Crippen molar-refractivity contribution in [3.63, 3.8) is 0 Å². The lowest BCUT2D eigenvalue weighted by Gasteiger charge is -2.17. The number of halogens is 5. The van der Waals surface area contributed by atoms with E-state index >= 15 is 0 Å². The molecule has 40 heavy (non-hydrogen) atoms. The minimum Gasteiger partial charge on any atom is -0.406 e. The molecular weight excluding hydrogens is 572 g/mol. The highest BCUT2D eigenvalue weighted by Crippen LogP contribution is 2.37. The van der Waals surface area contributed by atoms with Crippen LogP contribution in [0.2, 0.25) is 5.02 Å². The second-order valence-electron chi connectivity index (χ2n) is 8.31. The van der Waals surface area contributed by atoms with Crippen LogP contribution in [0, 0.1) is 5.82 Å². The van der Waals surface area contributed by atoms with Gasteiger partial charge in [0.25, 0.3) is 0 Å². The number of anilines is 1. The third-order valence-corrected chi connectivity index (χ3v) is 6.88. The number of nitrogens with zero attached hydrogens (tertiary/aromatic N) is 6. The van der Waals surface area contributed by atoms with Crippen LogP contribution in [0.3, 0.4) is 0 Å². The van der Waals surface area contributed by atoms with Gasteiger partial charge in [-0.3, -0.25) is 9.69 Å². The Balaban J connectivity index is 1.29. The Hall–Kier alpha value is -4.23. The first-order valence-corrected chi connectivity index (χ1v) is 12.8. The maximum Gasteiger partial charge on any atom is 0.573 e. The van der Waals surface area contributed by atoms with Crippen LogP contribution >= 0.6 is 23.4 Å². The van der Waals surface area contributed by atoms with Crippen molar-refractivity contribution in [1.82, 2.24) is 14.8 Å². The predicted molar refractivity (Wildman–Crippen MR) is 144 cm³/mol. The first kappa shape index (κ1) is 27.3. The van der Waals surface area contributed by atoms with Gasteiger partial charge in [-0.25, -0.2) is 14.1 Å². The Labute approximate surface area is 233 Å². The molecule has 1 amide bonds. The van der Waals surface area contributed by atoms with Crippen LogP contribution in [0.25, 0.3) is 17.1 Å². The summed E-state index contributed by atoms with van der Waals surface area (Å²) in [6.45, 7) is 1.69. The van der Waals surface area contributed by atoms with Gasteiger partial charge in [-0.2, -0.15) is 5.10 Å². The zero-order valence-corrected chi connectivity index (χ0v) is 22.0. The van der Waals surface area contributed by atoms with E-state index in [4.69, 9.17) is 11.6 Å². The lowest BCUT2D eigenvalue weighted by Crippen LogP contribution is -2.32. The molecule has 204 valence electrons. The van der Waals surface area contributed by atoms with Crippen LogP contribution in [-0.4, -0.2) is 43.7 Å². The van der Waals surface area contributed by atoms with Crippen LogP contribution in [-0.2, 0) is 4.79 Å². The summed E-state index contributed by atoms with van der Waals surface area (Å²) >= 11 is 7.30. The van der Waals surface area contributed by atoms with Gasteiger partial charge in [0.05, 0.1) is 22.2 Å². The Morgan fingerprint density at radius 2 is 1.80 bits per heavy atom. The second-order valence-corrected chi connectivity index (χ2v) is 10.0. The molecule has 8 nitrogen and oxygen atoms in total. The van der Waals surface area contributed by atoms with Gasteiger partial charge < -0.3 is 4.74 Å². The van der Waals surface area contributed by atoms with Crippen molar-refractivity contribution < 1.29 is 27.1 Å². The summed E-state index contributed by atoms with van der Waals surface area (Å²) in [5, 5.41) is 12.4. The van der Waals surface area contributed by atoms with Gasteiger partial charge in [-0.05, 0) is 48.9 Å². The molecule has 4 aromatic rings. The lowest BCUT2D eigenvalue weighted by molar-refractivity contribution is -0.274. The fraction of sp³-hybridized carbons (Fsp3) is 0.115. The quantitative estimate of drug-likeness (QED) is 0.146. The molecule has 3 aromatic carbocycles. The predicted octanol–water partition coefficient (Wildman–Crippen LogP) is 6.48. The molecule has 1 fully saturated rings. The largest absolute Gasteiger partial charge is 0.573 e. The summed E-state index contributed by atoms with van der Waals surface area (Å²) < 4.78 is 56.9. The normalized spacial score (nSPS) is 16.9. The maximum atomic E-state index is 14.5. The summed E-state index contributed by atoms with van der Waals surface area (Å²) in [5.74, 6) is -0.943. The Kier molecular flexibility index (Phi) is 7.59. The number of aromatic nitrogens is 3. The van der Waals surface area contributed by atoms with Crippen molar-refractivity contribution in [3.8, 4) is 22.8 Å². The molecular formula is C26H17ClF4N6O2S. The summed E-state index contributed by atoms with van der Waals surface area (Å²) in [6, 6.07) is 16.4. The topological polar surface area (TPSA) is 85.0 Å². The van der Waals surface area contributed by atoms with Crippen LogP contribution in [0.4, 0.5) is 23.2 Å². The lowest BCUT2D eigenvalue weighted by atomic mass is 10.1. The van der Waals surface area contributed by atoms with Gasteiger partial charge in [-0.15, -0.1) is 23.4 Å². The van der Waals surface area contributed by atoms with E-state index in [1.165, 1.54) is 59.7 Å². The van der Waals surface area contributed by atoms with E-state index < -0.39 is 17.4 Å². The maximum absolute atomic E-state index is 14.5. The molecule has 0 spiro atoms. The third kappa shape index (κ3) is 6.00. The van der Waals surface area contributed by atoms with Crippen molar-refractivity contribution >= 4 is 46.3 Å². The number of ether oxygens (including phenoxy) is 1. The third-order valence-electron chi connectivity index (χ3n) is 5.55. The van der Waals surface area contributed by atoms with Crippen molar-refractivity contribution in [2.75, 3.05) is 4.90 Å². The molecule has 1 atom stereocenters. The van der Waals surface area contributed by atoms with Crippen molar-refractivity contribution in [2.45, 2.75) is 18.5 Å². The molecule has 0 N–H and O–H groups in total. The standard InChI is InChI=1S/C26H17ClF4N6O2S/c1-15-24(38)37(22-20(27)3-2-4-21(22)28)25(40-15)34-33-13-16-5-7-17(8-6-16)23-32-14-36(35-23)18-9-11-19(12-10-18)39-26(29,30)31/h2-15H,1H3/b33-13+,34-25-. The number of benzene rings is 3. The van der Waals surface area contributed by atoms with E-state index in [-0.39, 0.29) is 27.5 Å². The Morgan fingerprint density at radius 1 is 1.07 bits per heavy atom. The van der Waals surface area contributed by atoms with E-state index in [2.05, 4.69) is 25.0 Å². The van der Waals surface area contributed by atoms with Crippen molar-refractivity contribution in [3.05, 3.63) is 89.5 Å². The van der Waals surface area contributed by atoms with E-state index in [9.17, 15) is 22.4 Å². The molecule has 0 aliphatic carbocycles. The molecule has 1 unspecified atom stereocenters. The Morgan fingerprint density at radius 3 is 2.48 bits per heavy atom. The first-order valence-electron chi connectivity index (χ1n) is 11.5. The molecule has 0 radical (unpaired) electrons. The molecule has 2 heterocycles. The number of para-hydroxylation sites is 1. The number of hydrogen-bond donors (Lipinski definition) is 0. The van der Waals surface area contributed by atoms with Crippen LogP contribution in [0.1, 0.15) is 12.5 Å². The SMILES string of the molecule is CC1S/C(=N\N=C\c2ccc(-c3ncn(-c4ccc(OC(F)(F)F)cc4)n3)cc2)N(c2c(F)cccc2Cl)C1=O. The average Bonchev–Trinajstić information content (AvgIpc) is 3.50. The number of carbonyl (C=O) groups excluding carboxylic acids is 1. The highest BCUT2D eigenvalue weighted by Gasteiger charge is 2.38. The van der Waals surface area contributed by atoms with E-state index in [0.29, 0.717) is 22.6 Å². The number of amidine groups is 1. The van der Waals surface area contributed by atoms with Gasteiger partial charge in [0.2, 0.25) is 5.91 Å². The minimum atomic E-state index is -4.77. The molecule has 1 saturated heterocycles. The summed E-state index contributed by atoms with van der Waals surface area (Å²) in [6.07, 6.45) is -1.85. The van der Waals surface area contributed by atoms with Crippen LogP contribution in [0.5, 0.6) is 5.75 Å². The van der Waals surface area contributed by atoms with Crippen LogP contribution in [0.15, 0.2) is 83.3 Å². The molecule has 14 heteroatoms. The fourth-order valence-corrected chi connectivity index (χ4v) is 4.85. The van der Waals surface area contributed by atoms with Gasteiger partial charge in [0.1, 0.15) is 23.6 Å². The van der Waals surface area contributed by atoms with E-state index in [1.54, 1.807) is 31.2 Å². The summed E-state index contributed by atoms with van der Waals surface area (Å²) in [7, 11) is 0. The first-order chi connectivity index (χ1) is 19.1. The van der Waals surface area contributed by atoms with Crippen molar-refractivity contribution in [2.24, 2.45) is 10.2 Å². The van der Waals surface area contributed by atoms with Crippen LogP contribution < -0.4 is 9.64 Å². The number of alkyl halides is 3. The zero-order chi connectivity index (χ0) is 28.4. The number of rotatable bonds is 6. The number of thioether (sulfide) groups is 1. The van der Waals surface area contributed by atoms with Gasteiger partial charge in [0.15, 0.2) is 11.0 Å². The Bertz CT molecular complexity index is 1590. The van der Waals surface area contributed by atoms with E-state index in [0.717, 1.165) is 16.7 Å². The van der Waals surface area contributed by atoms with Gasteiger partial charge in [-0.1, -0.05) is 53.7 Å². The zero-order valence-electron chi connectivity index (χ0n) is 20.4. The fourth-order valence-electron chi connectivity index (χ4n) is 3.70. The monoisotopic (exact) mass is 588 g/mol. The summed E-state index contributed by atoms with van der Waals surface area (Å²) in [4.78, 5) is 18.1. The minimum absolute atomic E-state index is 0.0677. The van der Waals surface area contributed by atoms with Gasteiger partial charge >= 0.3 is 6.36 Å². The molecule has 0 bridgehead atoms. The average molecular weight is 589 g/mol.